The number of thiocarbonyl (C=S) groups is 1. The number of piperidine rings is 1. The van der Waals surface area contributed by atoms with E-state index in [9.17, 15) is 5.11 Å². The third-order valence-electron chi connectivity index (χ3n) is 3.18. The van der Waals surface area contributed by atoms with Gasteiger partial charge >= 0.3 is 0 Å². The van der Waals surface area contributed by atoms with Crippen molar-refractivity contribution >= 4 is 22.9 Å². The van der Waals surface area contributed by atoms with Crippen LogP contribution in [0, 0.1) is 5.92 Å². The Morgan fingerprint density at radius 1 is 1.65 bits per heavy atom. The van der Waals surface area contributed by atoms with E-state index in [1.807, 2.05) is 6.07 Å². The average molecular weight is 251 g/mol. The second kappa shape index (κ2) is 5.42. The van der Waals surface area contributed by atoms with Crippen LogP contribution in [0.3, 0.4) is 0 Å². The molecular weight excluding hydrogens is 234 g/mol. The van der Waals surface area contributed by atoms with Gasteiger partial charge in [-0.2, -0.15) is 0 Å². The number of hydrogen-bond donors (Lipinski definition) is 2. The Labute approximate surface area is 106 Å². The smallest absolute Gasteiger partial charge is 0.106 e. The molecule has 1 atom stereocenters. The summed E-state index contributed by atoms with van der Waals surface area (Å²) >= 11 is 5.05. The highest BCUT2D eigenvalue weighted by molar-refractivity contribution is 7.80. The Bertz CT molecular complexity index is 410. The number of nitrogens with two attached hydrogens (primary N) is 1. The van der Waals surface area contributed by atoms with Gasteiger partial charge in [0, 0.05) is 31.5 Å². The average Bonchev–Trinajstić information content (AvgIpc) is 2.39. The van der Waals surface area contributed by atoms with E-state index in [1.165, 1.54) is 0 Å². The number of aliphatic hydroxyl groups excluding tert-OH is 1. The van der Waals surface area contributed by atoms with Crippen LogP contribution in [0.1, 0.15) is 18.4 Å². The summed E-state index contributed by atoms with van der Waals surface area (Å²) < 4.78 is 0. The molecule has 0 bridgehead atoms. The first-order valence-corrected chi connectivity index (χ1v) is 6.23. The molecule has 1 saturated heterocycles. The van der Waals surface area contributed by atoms with Crippen molar-refractivity contribution in [3.05, 3.63) is 24.0 Å². The summed E-state index contributed by atoms with van der Waals surface area (Å²) in [5, 5.41) is 9.24. The lowest BCUT2D eigenvalue weighted by atomic mass is 9.98. The van der Waals surface area contributed by atoms with Gasteiger partial charge in [-0.1, -0.05) is 12.2 Å². The quantitative estimate of drug-likeness (QED) is 0.782. The maximum absolute atomic E-state index is 9.24. The van der Waals surface area contributed by atoms with E-state index in [1.54, 1.807) is 12.4 Å². The highest BCUT2D eigenvalue weighted by atomic mass is 32.1. The second-order valence-corrected chi connectivity index (χ2v) is 4.83. The first-order chi connectivity index (χ1) is 8.22. The molecule has 1 aliphatic heterocycles. The Hall–Kier alpha value is -1.20. The van der Waals surface area contributed by atoms with Gasteiger partial charge in [0.15, 0.2) is 0 Å². The normalized spacial score (nSPS) is 20.3. The summed E-state index contributed by atoms with van der Waals surface area (Å²) in [6.45, 7) is 2.05. The zero-order valence-corrected chi connectivity index (χ0v) is 10.5. The van der Waals surface area contributed by atoms with Gasteiger partial charge in [0.05, 0.1) is 11.9 Å². The van der Waals surface area contributed by atoms with E-state index in [0.717, 1.165) is 37.2 Å². The standard InChI is InChI=1S/C12H17N3OS/c13-12(17)10-3-4-14-6-11(10)15-5-1-2-9(7-15)8-16/h3-4,6,9,16H,1-2,5,7-8H2,(H2,13,17). The van der Waals surface area contributed by atoms with Crippen molar-refractivity contribution in [3.8, 4) is 0 Å². The largest absolute Gasteiger partial charge is 0.396 e. The monoisotopic (exact) mass is 251 g/mol. The predicted octanol–water partition coefficient (Wildman–Crippen LogP) is 0.924. The van der Waals surface area contributed by atoms with Crippen LogP contribution < -0.4 is 10.6 Å². The topological polar surface area (TPSA) is 62.4 Å². The zero-order chi connectivity index (χ0) is 12.3. The first-order valence-electron chi connectivity index (χ1n) is 5.82. The van der Waals surface area contributed by atoms with Crippen LogP contribution in [0.2, 0.25) is 0 Å². The minimum atomic E-state index is 0.235. The molecule has 2 heterocycles. The van der Waals surface area contributed by atoms with Crippen molar-refractivity contribution in [3.63, 3.8) is 0 Å². The van der Waals surface area contributed by atoms with E-state index in [-0.39, 0.29) is 6.61 Å². The lowest BCUT2D eigenvalue weighted by Gasteiger charge is -2.34. The zero-order valence-electron chi connectivity index (χ0n) is 9.67. The van der Waals surface area contributed by atoms with E-state index in [0.29, 0.717) is 10.9 Å². The van der Waals surface area contributed by atoms with Crippen molar-refractivity contribution in [1.82, 2.24) is 4.98 Å². The van der Waals surface area contributed by atoms with Gasteiger partial charge in [0.1, 0.15) is 4.99 Å². The molecule has 1 aliphatic rings. The van der Waals surface area contributed by atoms with Crippen LogP contribution in [-0.2, 0) is 0 Å². The molecule has 1 fully saturated rings. The summed E-state index contributed by atoms with van der Waals surface area (Å²) in [5.74, 6) is 0.336. The van der Waals surface area contributed by atoms with Gasteiger partial charge in [-0.3, -0.25) is 4.98 Å². The van der Waals surface area contributed by atoms with Gasteiger partial charge < -0.3 is 15.7 Å². The number of hydrogen-bond acceptors (Lipinski definition) is 4. The molecule has 0 aromatic carbocycles. The Kier molecular flexibility index (Phi) is 3.91. The number of aliphatic hydroxyl groups is 1. The molecule has 17 heavy (non-hydrogen) atoms. The molecule has 1 unspecified atom stereocenters. The van der Waals surface area contributed by atoms with Crippen LogP contribution in [-0.4, -0.2) is 34.8 Å². The molecule has 3 N–H and O–H groups in total. The first kappa shape index (κ1) is 12.3. The molecule has 0 spiro atoms. The van der Waals surface area contributed by atoms with Crippen LogP contribution in [0.25, 0.3) is 0 Å². The summed E-state index contributed by atoms with van der Waals surface area (Å²) in [7, 11) is 0. The minimum Gasteiger partial charge on any atom is -0.396 e. The molecule has 92 valence electrons. The van der Waals surface area contributed by atoms with E-state index < -0.39 is 0 Å². The van der Waals surface area contributed by atoms with Crippen LogP contribution in [0.15, 0.2) is 18.5 Å². The van der Waals surface area contributed by atoms with Gasteiger partial charge in [0.2, 0.25) is 0 Å². The van der Waals surface area contributed by atoms with Crippen molar-refractivity contribution in [2.75, 3.05) is 24.6 Å². The van der Waals surface area contributed by atoms with E-state index in [4.69, 9.17) is 18.0 Å². The fraction of sp³-hybridized carbons (Fsp3) is 0.500. The molecule has 2 rings (SSSR count). The summed E-state index contributed by atoms with van der Waals surface area (Å²) in [6.07, 6.45) is 5.66. The lowest BCUT2D eigenvalue weighted by molar-refractivity contribution is 0.208. The van der Waals surface area contributed by atoms with Crippen LogP contribution >= 0.6 is 12.2 Å². The Morgan fingerprint density at radius 3 is 3.18 bits per heavy atom. The van der Waals surface area contributed by atoms with Gasteiger partial charge in [-0.05, 0) is 24.8 Å². The minimum absolute atomic E-state index is 0.235. The second-order valence-electron chi connectivity index (χ2n) is 4.39. The molecule has 0 amide bonds. The molecular formula is C12H17N3OS. The fourth-order valence-electron chi connectivity index (χ4n) is 2.28. The summed E-state index contributed by atoms with van der Waals surface area (Å²) in [4.78, 5) is 6.75. The fourth-order valence-corrected chi connectivity index (χ4v) is 2.45. The predicted molar refractivity (Wildman–Crippen MR) is 72.1 cm³/mol. The van der Waals surface area contributed by atoms with Gasteiger partial charge in [-0.25, -0.2) is 0 Å². The van der Waals surface area contributed by atoms with Crippen LogP contribution in [0.4, 0.5) is 5.69 Å². The third kappa shape index (κ3) is 2.73. The van der Waals surface area contributed by atoms with Crippen molar-refractivity contribution in [1.29, 1.82) is 0 Å². The SMILES string of the molecule is NC(=S)c1ccncc1N1CCCC(CO)C1. The van der Waals surface area contributed by atoms with E-state index in [2.05, 4.69) is 9.88 Å². The van der Waals surface area contributed by atoms with E-state index >= 15 is 0 Å². The highest BCUT2D eigenvalue weighted by Gasteiger charge is 2.21. The maximum atomic E-state index is 9.24. The number of nitrogens with zero attached hydrogens (tertiary/aromatic N) is 2. The molecule has 0 aliphatic carbocycles. The number of aromatic nitrogens is 1. The number of anilines is 1. The number of rotatable bonds is 3. The van der Waals surface area contributed by atoms with Crippen LogP contribution in [0.5, 0.6) is 0 Å². The lowest BCUT2D eigenvalue weighted by Crippen LogP contribution is -2.38. The molecule has 1 aromatic rings. The van der Waals surface area contributed by atoms with Crippen molar-refractivity contribution in [2.45, 2.75) is 12.8 Å². The van der Waals surface area contributed by atoms with Gasteiger partial charge in [0.25, 0.3) is 0 Å². The third-order valence-corrected chi connectivity index (χ3v) is 3.40. The maximum Gasteiger partial charge on any atom is 0.106 e. The molecule has 1 aromatic heterocycles. The van der Waals surface area contributed by atoms with Crippen molar-refractivity contribution < 1.29 is 5.11 Å². The number of pyridine rings is 1. The Morgan fingerprint density at radius 2 is 2.47 bits per heavy atom. The Balaban J connectivity index is 2.24. The molecule has 0 radical (unpaired) electrons. The van der Waals surface area contributed by atoms with Gasteiger partial charge in [-0.15, -0.1) is 0 Å². The summed E-state index contributed by atoms with van der Waals surface area (Å²) in [6, 6.07) is 1.85. The molecule has 5 heteroatoms. The van der Waals surface area contributed by atoms with Crippen molar-refractivity contribution in [2.24, 2.45) is 11.7 Å². The summed E-state index contributed by atoms with van der Waals surface area (Å²) in [5.41, 5.74) is 7.57. The molecule has 4 nitrogen and oxygen atoms in total. The highest BCUT2D eigenvalue weighted by Crippen LogP contribution is 2.25. The molecule has 0 saturated carbocycles.